The number of hydrogen-bond donors (Lipinski definition) is 5. The van der Waals surface area contributed by atoms with Gasteiger partial charge < -0.3 is 69.0 Å². The maximum absolute atomic E-state index is 12.1. The monoisotopic (exact) mass is 1090 g/mol. The Morgan fingerprint density at radius 2 is 0.961 bits per heavy atom. The number of carbonyl (C=O) groups excluding carboxylic acids is 4. The van der Waals surface area contributed by atoms with Gasteiger partial charge in [0.05, 0.1) is 48.6 Å². The molecular formula is C46H65N14NaO16. The van der Waals surface area contributed by atoms with Gasteiger partial charge in [-0.05, 0) is 84.6 Å². The van der Waals surface area contributed by atoms with E-state index < -0.39 is 104 Å². The Morgan fingerprint density at radius 3 is 1.39 bits per heavy atom. The fraction of sp³-hybridized carbons (Fsp3) is 0.652. The van der Waals surface area contributed by atoms with Crippen LogP contribution in [-0.4, -0.2) is 152 Å². The first-order valence-electron chi connectivity index (χ1n) is 24.1. The van der Waals surface area contributed by atoms with Crippen LogP contribution in [0.15, 0.2) is 81.1 Å². The zero-order valence-electron chi connectivity index (χ0n) is 43.4. The maximum atomic E-state index is 12.1. The van der Waals surface area contributed by atoms with E-state index in [1.807, 2.05) is 60.7 Å². The Labute approximate surface area is 465 Å². The molecule has 14 atom stereocenters. The molecule has 4 aliphatic rings. The van der Waals surface area contributed by atoms with Crippen molar-refractivity contribution in [2.45, 2.75) is 164 Å². The van der Waals surface area contributed by atoms with Gasteiger partial charge in [0.1, 0.15) is 31.5 Å². The summed E-state index contributed by atoms with van der Waals surface area (Å²) in [5, 5.41) is 55.9. The first-order chi connectivity index (χ1) is 36.8. The summed E-state index contributed by atoms with van der Waals surface area (Å²) in [6, 6.07) is 14.9. The molecule has 0 unspecified atom stereocenters. The second kappa shape index (κ2) is 37.6. The van der Waals surface area contributed by atoms with Crippen LogP contribution >= 0.6 is 0 Å². The van der Waals surface area contributed by atoms with E-state index >= 15 is 0 Å². The Kier molecular flexibility index (Phi) is 32.7. The van der Waals surface area contributed by atoms with Crippen LogP contribution in [0.1, 0.15) is 76.3 Å². The van der Waals surface area contributed by atoms with Crippen molar-refractivity contribution in [3.8, 4) is 0 Å². The first kappa shape index (κ1) is 67.0. The van der Waals surface area contributed by atoms with E-state index in [4.69, 9.17) is 70.2 Å². The van der Waals surface area contributed by atoms with Gasteiger partial charge >= 0.3 is 53.7 Å². The minimum atomic E-state index is -1.43. The number of aliphatic hydroxyl groups is 3. The zero-order valence-corrected chi connectivity index (χ0v) is 45.4. The predicted molar refractivity (Wildman–Crippen MR) is 262 cm³/mol. The standard InChI is InChI=1S/C24H31N7O8.C20H27N7O6.CH4O.CH3O.Na/c1-14(32)36-21-18(28-30-25)11-19(29-31-26)22(23(21)37-15(2)33)39-20-10-6-9-17(38-20)12-27-24(34)35-13-16-7-4-3-5-8-16;21-26-24-14-9-15(25-27-22)19(18(29)17(14)28)33-16-8-4-7-13(32-16)10-23-20(30)31-11-12-5-2-1-3-6-12;2*1-2;/h3-5,7-8,17-23H,6,9-13H2,1-2H3,(H,27,34);1-3,5-6,13-19,28-29H,4,7-11H2,(H,23,30);2H,1H3;1H3;/q;;;-1;+1/t17-,18+,19-,20+,21-,22+,23+;13-,14+,15-,16+,17-,18+,19+;;;/m00.../s1. The minimum Gasteiger partial charge on any atom is -0.857 e. The van der Waals surface area contributed by atoms with Crippen molar-refractivity contribution in [3.05, 3.63) is 114 Å². The Morgan fingerprint density at radius 1 is 0.584 bits per heavy atom. The Hall–Kier alpha value is -6.16. The van der Waals surface area contributed by atoms with Crippen LogP contribution in [0.25, 0.3) is 41.8 Å². The number of nitrogens with zero attached hydrogens (tertiary/aromatic N) is 12. The largest absolute Gasteiger partial charge is 1.00 e. The molecule has 77 heavy (non-hydrogen) atoms. The number of aliphatic hydroxyl groups excluding tert-OH is 3. The summed E-state index contributed by atoms with van der Waals surface area (Å²) in [5.41, 5.74) is 37.4. The van der Waals surface area contributed by atoms with Crippen molar-refractivity contribution >= 4 is 24.1 Å². The summed E-state index contributed by atoms with van der Waals surface area (Å²) in [4.78, 5) is 58.9. The van der Waals surface area contributed by atoms with E-state index in [1.54, 1.807) is 0 Å². The second-order valence-corrected chi connectivity index (χ2v) is 17.0. The fourth-order valence-corrected chi connectivity index (χ4v) is 8.55. The molecule has 0 aromatic heterocycles. The number of hydrogen-bond acceptors (Lipinski definition) is 20. The third kappa shape index (κ3) is 23.1. The summed E-state index contributed by atoms with van der Waals surface area (Å²) in [6.45, 7) is 2.99. The molecule has 2 saturated carbocycles. The van der Waals surface area contributed by atoms with E-state index in [-0.39, 0.29) is 74.8 Å². The average Bonchev–Trinajstić information content (AvgIpc) is 3.43. The van der Waals surface area contributed by atoms with Gasteiger partial charge in [0.2, 0.25) is 0 Å². The van der Waals surface area contributed by atoms with Gasteiger partial charge in [-0.3, -0.25) is 9.59 Å². The number of ether oxygens (including phenoxy) is 8. The van der Waals surface area contributed by atoms with Crippen LogP contribution in [0, 0.1) is 0 Å². The van der Waals surface area contributed by atoms with Crippen molar-refractivity contribution in [1.82, 2.24) is 10.6 Å². The number of rotatable bonds is 18. The predicted octanol–water partition coefficient (Wildman–Crippen LogP) is 2.08. The number of azide groups is 4. The van der Waals surface area contributed by atoms with Crippen molar-refractivity contribution in [2.75, 3.05) is 27.3 Å². The molecular weight excluding hydrogens is 1030 g/mol. The van der Waals surface area contributed by atoms with Crippen molar-refractivity contribution in [3.63, 3.8) is 0 Å². The van der Waals surface area contributed by atoms with Crippen molar-refractivity contribution < 1.29 is 107 Å². The van der Waals surface area contributed by atoms with Gasteiger partial charge in [-0.15, -0.1) is 0 Å². The molecule has 6 rings (SSSR count). The third-order valence-electron chi connectivity index (χ3n) is 11.8. The number of alkyl carbamates (subject to hydrolysis) is 2. The van der Waals surface area contributed by atoms with Gasteiger partial charge in [0.25, 0.3) is 0 Å². The molecule has 2 saturated heterocycles. The smallest absolute Gasteiger partial charge is 0.857 e. The molecule has 4 fully saturated rings. The zero-order chi connectivity index (χ0) is 55.8. The van der Waals surface area contributed by atoms with E-state index in [0.29, 0.717) is 32.1 Å². The summed E-state index contributed by atoms with van der Waals surface area (Å²) >= 11 is 0. The van der Waals surface area contributed by atoms with Gasteiger partial charge in [0.15, 0.2) is 18.7 Å². The molecule has 2 amide bonds. The average molecular weight is 1090 g/mol. The van der Waals surface area contributed by atoms with Crippen LogP contribution in [0.2, 0.25) is 0 Å². The Bertz CT molecular complexity index is 2300. The molecule has 2 aromatic carbocycles. The maximum Gasteiger partial charge on any atom is 1.00 e. The summed E-state index contributed by atoms with van der Waals surface area (Å²) in [6.07, 6.45) is -6.95. The van der Waals surface area contributed by atoms with Crippen molar-refractivity contribution in [1.29, 1.82) is 0 Å². The Balaban J connectivity index is 0.000000494. The molecule has 2 aliphatic carbocycles. The van der Waals surface area contributed by atoms with Gasteiger partial charge in [-0.1, -0.05) is 81.1 Å². The molecule has 0 radical (unpaired) electrons. The van der Waals surface area contributed by atoms with Crippen LogP contribution in [0.4, 0.5) is 9.59 Å². The van der Waals surface area contributed by atoms with E-state index in [9.17, 15) is 29.4 Å². The molecule has 31 heteroatoms. The summed E-state index contributed by atoms with van der Waals surface area (Å²) in [7, 11) is 1.75. The number of amides is 2. The molecule has 416 valence electrons. The van der Waals surface area contributed by atoms with Gasteiger partial charge in [0, 0.05) is 53.7 Å². The normalized spacial score (nSPS) is 27.9. The molecule has 5 N–H and O–H groups in total. The second-order valence-electron chi connectivity index (χ2n) is 17.0. The third-order valence-corrected chi connectivity index (χ3v) is 11.8. The fourth-order valence-electron chi connectivity index (χ4n) is 8.55. The summed E-state index contributed by atoms with van der Waals surface area (Å²) in [5.74, 6) is -1.39. The SMILES string of the molecule is CC(=O)O[C@@H]1[C@@H](OC(C)=O)[C@H](N=[N+]=[N-])C[C@H](N=[N+]=[N-])[C@H]1O[C@@H]1CCC[C@@H](CNC(=O)OCc2ccccc2)O1.CO.C[O-].[N-]=[N+]=N[C@H]1C[C@@H](N=[N+]=[N-])[C@H](O)[C@@H](O)[C@@H]1O[C@@H]1CCC[C@@H](CNC(=O)OCc2ccccc2)O1.[Na+]. The van der Waals surface area contributed by atoms with E-state index in [1.165, 1.54) is 6.92 Å². The number of carbonyl (C=O) groups is 4. The summed E-state index contributed by atoms with van der Waals surface area (Å²) < 4.78 is 45.1. The van der Waals surface area contributed by atoms with E-state index in [2.05, 4.69) is 50.7 Å². The van der Waals surface area contributed by atoms with Crippen molar-refractivity contribution in [2.24, 2.45) is 20.5 Å². The van der Waals surface area contributed by atoms with Crippen LogP contribution in [0.5, 0.6) is 0 Å². The number of nitrogens with one attached hydrogen (secondary N) is 2. The van der Waals surface area contributed by atoms with E-state index in [0.717, 1.165) is 38.7 Å². The molecule has 2 heterocycles. The molecule has 2 aromatic rings. The van der Waals surface area contributed by atoms with Crippen LogP contribution in [0.3, 0.4) is 0 Å². The van der Waals surface area contributed by atoms with Crippen LogP contribution in [-0.2, 0) is 60.7 Å². The van der Waals surface area contributed by atoms with Gasteiger partial charge in [-0.25, -0.2) is 9.59 Å². The topological polar surface area (TPSA) is 445 Å². The number of benzene rings is 2. The van der Waals surface area contributed by atoms with Crippen LogP contribution < -0.4 is 45.3 Å². The molecule has 2 aliphatic heterocycles. The van der Waals surface area contributed by atoms with Gasteiger partial charge in [-0.2, -0.15) is 7.11 Å². The number of esters is 2. The minimum absolute atomic E-state index is 0. The molecule has 0 spiro atoms. The molecule has 30 nitrogen and oxygen atoms in total. The first-order valence-corrected chi connectivity index (χ1v) is 24.1. The molecule has 0 bridgehead atoms. The quantitative estimate of drug-likeness (QED) is 0.0356.